The van der Waals surface area contributed by atoms with Crippen molar-refractivity contribution >= 4 is 15.9 Å². The van der Waals surface area contributed by atoms with Crippen LogP contribution in [0.2, 0.25) is 0 Å². The molecule has 2 rings (SSSR count). The van der Waals surface area contributed by atoms with Gasteiger partial charge in [-0.15, -0.1) is 0 Å². The zero-order valence-corrected chi connectivity index (χ0v) is 13.2. The molecule has 0 spiro atoms. The lowest BCUT2D eigenvalue weighted by atomic mass is 10.2. The van der Waals surface area contributed by atoms with Crippen LogP contribution in [0.3, 0.4) is 0 Å². The maximum Gasteiger partial charge on any atom is 0.133 e. The number of benzene rings is 2. The summed E-state index contributed by atoms with van der Waals surface area (Å²) in [5, 5.41) is 3.28. The van der Waals surface area contributed by atoms with Crippen molar-refractivity contribution in [2.75, 3.05) is 6.54 Å². The summed E-state index contributed by atoms with van der Waals surface area (Å²) in [5.74, 6) is -0.598. The molecule has 5 heteroatoms. The summed E-state index contributed by atoms with van der Waals surface area (Å²) in [7, 11) is 0. The Morgan fingerprint density at radius 2 is 1.81 bits per heavy atom. The van der Waals surface area contributed by atoms with Crippen LogP contribution in [0.1, 0.15) is 18.9 Å². The van der Waals surface area contributed by atoms with E-state index in [9.17, 15) is 8.78 Å². The van der Waals surface area contributed by atoms with E-state index in [1.54, 1.807) is 6.07 Å². The molecule has 0 bridgehead atoms. The van der Waals surface area contributed by atoms with E-state index in [2.05, 4.69) is 28.2 Å². The number of hydrogen-bond donors (Lipinski definition) is 1. The first-order valence-corrected chi connectivity index (χ1v) is 7.51. The number of halogens is 3. The summed E-state index contributed by atoms with van der Waals surface area (Å²) in [4.78, 5) is 0. The zero-order valence-electron chi connectivity index (χ0n) is 11.6. The molecule has 0 unspecified atom stereocenters. The molecule has 2 aromatic carbocycles. The van der Waals surface area contributed by atoms with E-state index in [1.807, 2.05) is 12.1 Å². The highest BCUT2D eigenvalue weighted by atomic mass is 79.9. The molecule has 0 amide bonds. The van der Waals surface area contributed by atoms with Crippen LogP contribution in [0.15, 0.2) is 40.9 Å². The lowest BCUT2D eigenvalue weighted by molar-refractivity contribution is 0.460. The van der Waals surface area contributed by atoms with Gasteiger partial charge in [0.15, 0.2) is 0 Å². The van der Waals surface area contributed by atoms with Gasteiger partial charge in [-0.25, -0.2) is 8.78 Å². The minimum Gasteiger partial charge on any atom is -0.457 e. The summed E-state index contributed by atoms with van der Waals surface area (Å²) in [6.07, 6.45) is 1.03. The fourth-order valence-electron chi connectivity index (χ4n) is 1.90. The smallest absolute Gasteiger partial charge is 0.133 e. The predicted molar refractivity (Wildman–Crippen MR) is 82.6 cm³/mol. The molecule has 0 aliphatic heterocycles. The summed E-state index contributed by atoms with van der Waals surface area (Å²) < 4.78 is 32.9. The highest BCUT2D eigenvalue weighted by Crippen LogP contribution is 2.29. The Balaban J connectivity index is 2.21. The van der Waals surface area contributed by atoms with Crippen molar-refractivity contribution in [2.45, 2.75) is 19.9 Å². The van der Waals surface area contributed by atoms with Crippen LogP contribution in [0.4, 0.5) is 8.78 Å². The summed E-state index contributed by atoms with van der Waals surface area (Å²) in [6.45, 7) is 3.60. The molecule has 0 heterocycles. The van der Waals surface area contributed by atoms with Gasteiger partial charge in [0.2, 0.25) is 0 Å². The van der Waals surface area contributed by atoms with Gasteiger partial charge in [0.1, 0.15) is 23.1 Å². The lowest BCUT2D eigenvalue weighted by Gasteiger charge is -2.12. The topological polar surface area (TPSA) is 21.3 Å². The maximum absolute atomic E-state index is 13.2. The van der Waals surface area contributed by atoms with E-state index in [4.69, 9.17) is 4.74 Å². The molecule has 0 aliphatic carbocycles. The highest BCUT2D eigenvalue weighted by molar-refractivity contribution is 9.10. The molecule has 2 nitrogen and oxygen atoms in total. The molecule has 0 radical (unpaired) electrons. The standard InChI is InChI=1S/C16H16BrF2NO/c1-2-5-20-10-11-6-12(17)3-4-16(11)21-15-8-13(18)7-14(19)9-15/h3-4,6-9,20H,2,5,10H2,1H3. The van der Waals surface area contributed by atoms with E-state index in [0.717, 1.165) is 41.2 Å². The predicted octanol–water partition coefficient (Wildman–Crippen LogP) is 5.02. The Kier molecular flexibility index (Phi) is 5.70. The lowest BCUT2D eigenvalue weighted by Crippen LogP contribution is -2.14. The average molecular weight is 356 g/mol. The van der Waals surface area contributed by atoms with Crippen LogP contribution >= 0.6 is 15.9 Å². The minimum atomic E-state index is -0.659. The van der Waals surface area contributed by atoms with Crippen molar-refractivity contribution in [1.29, 1.82) is 0 Å². The van der Waals surface area contributed by atoms with E-state index in [-0.39, 0.29) is 5.75 Å². The van der Waals surface area contributed by atoms with Crippen molar-refractivity contribution < 1.29 is 13.5 Å². The third kappa shape index (κ3) is 4.79. The Labute approximate surface area is 131 Å². The third-order valence-electron chi connectivity index (χ3n) is 2.83. The molecule has 0 aromatic heterocycles. The molecule has 1 N–H and O–H groups in total. The first-order valence-electron chi connectivity index (χ1n) is 6.71. The Morgan fingerprint density at radius 1 is 1.10 bits per heavy atom. The molecule has 0 fully saturated rings. The quantitative estimate of drug-likeness (QED) is 0.734. The SMILES string of the molecule is CCCNCc1cc(Br)ccc1Oc1cc(F)cc(F)c1. The second-order valence-corrected chi connectivity index (χ2v) is 5.55. The number of rotatable bonds is 6. The maximum atomic E-state index is 13.2. The first kappa shape index (κ1) is 15.9. The molecule has 0 saturated carbocycles. The van der Waals surface area contributed by atoms with Crippen LogP contribution in [-0.2, 0) is 6.54 Å². The Morgan fingerprint density at radius 3 is 2.48 bits per heavy atom. The monoisotopic (exact) mass is 355 g/mol. The van der Waals surface area contributed by atoms with E-state index in [0.29, 0.717) is 12.3 Å². The largest absolute Gasteiger partial charge is 0.457 e. The average Bonchev–Trinajstić information content (AvgIpc) is 2.41. The fourth-order valence-corrected chi connectivity index (χ4v) is 2.31. The molecule has 112 valence electrons. The number of ether oxygens (including phenoxy) is 1. The van der Waals surface area contributed by atoms with Gasteiger partial charge in [0.25, 0.3) is 0 Å². The second-order valence-electron chi connectivity index (χ2n) is 4.64. The van der Waals surface area contributed by atoms with Gasteiger partial charge in [-0.2, -0.15) is 0 Å². The van der Waals surface area contributed by atoms with Gasteiger partial charge in [-0.3, -0.25) is 0 Å². The summed E-state index contributed by atoms with van der Waals surface area (Å²) >= 11 is 3.41. The van der Waals surface area contributed by atoms with Crippen LogP contribution in [-0.4, -0.2) is 6.54 Å². The molecular formula is C16H16BrF2NO. The zero-order chi connectivity index (χ0) is 15.2. The van der Waals surface area contributed by atoms with Gasteiger partial charge >= 0.3 is 0 Å². The van der Waals surface area contributed by atoms with Gasteiger partial charge in [-0.1, -0.05) is 22.9 Å². The van der Waals surface area contributed by atoms with Crippen LogP contribution < -0.4 is 10.1 Å². The number of hydrogen-bond acceptors (Lipinski definition) is 2. The Bertz CT molecular complexity index is 599. The van der Waals surface area contributed by atoms with Gasteiger partial charge in [-0.05, 0) is 31.2 Å². The van der Waals surface area contributed by atoms with Crippen LogP contribution in [0.25, 0.3) is 0 Å². The van der Waals surface area contributed by atoms with Crippen molar-refractivity contribution in [2.24, 2.45) is 0 Å². The van der Waals surface area contributed by atoms with Crippen molar-refractivity contribution in [3.05, 3.63) is 58.1 Å². The number of nitrogens with one attached hydrogen (secondary N) is 1. The van der Waals surface area contributed by atoms with Crippen LogP contribution in [0, 0.1) is 11.6 Å². The third-order valence-corrected chi connectivity index (χ3v) is 3.32. The van der Waals surface area contributed by atoms with Gasteiger partial charge < -0.3 is 10.1 Å². The van der Waals surface area contributed by atoms with Crippen LogP contribution in [0.5, 0.6) is 11.5 Å². The van der Waals surface area contributed by atoms with Crippen molar-refractivity contribution in [3.8, 4) is 11.5 Å². The molecular weight excluding hydrogens is 340 g/mol. The Hall–Kier alpha value is -1.46. The molecule has 0 atom stereocenters. The highest BCUT2D eigenvalue weighted by Gasteiger charge is 2.08. The minimum absolute atomic E-state index is 0.145. The van der Waals surface area contributed by atoms with E-state index < -0.39 is 11.6 Å². The van der Waals surface area contributed by atoms with Crippen molar-refractivity contribution in [3.63, 3.8) is 0 Å². The molecule has 2 aromatic rings. The summed E-state index contributed by atoms with van der Waals surface area (Å²) in [5.41, 5.74) is 0.919. The van der Waals surface area contributed by atoms with E-state index in [1.165, 1.54) is 0 Å². The van der Waals surface area contributed by atoms with Gasteiger partial charge in [0.05, 0.1) is 0 Å². The molecule has 21 heavy (non-hydrogen) atoms. The normalized spacial score (nSPS) is 10.7. The van der Waals surface area contributed by atoms with E-state index >= 15 is 0 Å². The van der Waals surface area contributed by atoms with Gasteiger partial charge in [0, 0.05) is 34.8 Å². The molecule has 0 aliphatic rings. The summed E-state index contributed by atoms with van der Waals surface area (Å²) in [6, 6.07) is 8.67. The molecule has 0 saturated heterocycles. The first-order chi connectivity index (χ1) is 10.1. The second kappa shape index (κ2) is 7.52. The fraction of sp³-hybridized carbons (Fsp3) is 0.250. The van der Waals surface area contributed by atoms with Crippen molar-refractivity contribution in [1.82, 2.24) is 5.32 Å².